The lowest BCUT2D eigenvalue weighted by Crippen LogP contribution is -2.76. The number of carbonyl (C=O) groups is 4. The van der Waals surface area contributed by atoms with Gasteiger partial charge in [0.15, 0.2) is 18.5 Å². The fraction of sp³-hybridized carbons (Fsp3) is 0.800. The van der Waals surface area contributed by atoms with Gasteiger partial charge in [-0.15, -0.1) is 0 Å². The van der Waals surface area contributed by atoms with E-state index in [-0.39, 0.29) is 32.0 Å². The van der Waals surface area contributed by atoms with Crippen molar-refractivity contribution in [3.8, 4) is 0 Å². The largest absolute Gasteiger partial charge is 0.465 e. The van der Waals surface area contributed by atoms with Crippen molar-refractivity contribution in [3.63, 3.8) is 0 Å². The lowest BCUT2D eigenvalue weighted by atomic mass is 9.45. The van der Waals surface area contributed by atoms with Gasteiger partial charge >= 0.3 is 24.0 Å². The predicted octanol–water partition coefficient (Wildman–Crippen LogP) is 3.25. The first kappa shape index (κ1) is 43.1. The maximum Gasteiger partial charge on any atom is 0.407 e. The number of aliphatic hydroxyl groups excluding tert-OH is 2. The summed E-state index contributed by atoms with van der Waals surface area (Å²) in [5.74, 6) is -3.15. The molecule has 0 spiro atoms. The normalized spacial score (nSPS) is 37.9. The lowest BCUT2D eigenvalue weighted by Gasteiger charge is -2.68. The van der Waals surface area contributed by atoms with Crippen molar-refractivity contribution in [1.29, 1.82) is 0 Å². The zero-order valence-electron chi connectivity index (χ0n) is 34.0. The highest BCUT2D eigenvalue weighted by molar-refractivity contribution is 5.77. The molecular weight excluding hydrogens is 718 g/mol. The van der Waals surface area contributed by atoms with Gasteiger partial charge in [0, 0.05) is 38.0 Å². The average molecular weight is 780 g/mol. The van der Waals surface area contributed by atoms with Crippen LogP contribution in [-0.4, -0.2) is 119 Å². The van der Waals surface area contributed by atoms with E-state index in [4.69, 9.17) is 33.2 Å². The van der Waals surface area contributed by atoms with Gasteiger partial charge in [0.25, 0.3) is 0 Å². The maximum atomic E-state index is 13.9. The summed E-state index contributed by atoms with van der Waals surface area (Å²) >= 11 is 0. The molecule has 55 heavy (non-hydrogen) atoms. The fourth-order valence-electron chi connectivity index (χ4n) is 10.2. The Hall–Kier alpha value is -3.08. The Morgan fingerprint density at radius 3 is 2.22 bits per heavy atom. The second-order valence-corrected chi connectivity index (χ2v) is 18.2. The lowest BCUT2D eigenvalue weighted by molar-refractivity contribution is -0.384. The molecule has 13 atom stereocenters. The van der Waals surface area contributed by atoms with Crippen LogP contribution in [-0.2, 0) is 47.5 Å². The topological polar surface area (TPSA) is 206 Å². The average Bonchev–Trinajstić information content (AvgIpc) is 3.30. The van der Waals surface area contributed by atoms with E-state index in [1.54, 1.807) is 27.7 Å². The molecule has 2 saturated heterocycles. The molecule has 2 heterocycles. The van der Waals surface area contributed by atoms with Crippen LogP contribution in [0.5, 0.6) is 0 Å². The fourth-order valence-corrected chi connectivity index (χ4v) is 10.2. The molecule has 1 unspecified atom stereocenters. The summed E-state index contributed by atoms with van der Waals surface area (Å²) in [6.07, 6.45) is -7.74. The molecule has 3 aliphatic carbocycles. The highest BCUT2D eigenvalue weighted by Gasteiger charge is 2.78. The van der Waals surface area contributed by atoms with Crippen LogP contribution in [0.1, 0.15) is 95.4 Å². The molecule has 15 nitrogen and oxygen atoms in total. The highest BCUT2D eigenvalue weighted by Crippen LogP contribution is 2.70. The minimum Gasteiger partial charge on any atom is -0.465 e. The second kappa shape index (κ2) is 15.0. The summed E-state index contributed by atoms with van der Waals surface area (Å²) in [5.41, 5.74) is -5.71. The molecule has 1 amide bonds. The monoisotopic (exact) mass is 779 g/mol. The number of hydrogen-bond donors (Lipinski definition) is 4. The Balaban J connectivity index is 1.65. The van der Waals surface area contributed by atoms with Gasteiger partial charge in [-0.05, 0) is 71.1 Å². The van der Waals surface area contributed by atoms with E-state index in [0.29, 0.717) is 17.6 Å². The number of hydrogen-bond acceptors (Lipinski definition) is 14. The van der Waals surface area contributed by atoms with Crippen LogP contribution in [0.25, 0.3) is 0 Å². The molecule has 4 N–H and O–H groups in total. The first-order chi connectivity index (χ1) is 25.3. The minimum atomic E-state index is -1.82. The predicted molar refractivity (Wildman–Crippen MR) is 195 cm³/mol. The van der Waals surface area contributed by atoms with E-state index in [9.17, 15) is 34.5 Å². The molecule has 0 radical (unpaired) electrons. The van der Waals surface area contributed by atoms with Crippen molar-refractivity contribution in [2.45, 2.75) is 162 Å². The second-order valence-electron chi connectivity index (χ2n) is 18.2. The van der Waals surface area contributed by atoms with Crippen molar-refractivity contribution >= 4 is 24.0 Å². The van der Waals surface area contributed by atoms with Gasteiger partial charge in [-0.3, -0.25) is 9.59 Å². The summed E-state index contributed by atoms with van der Waals surface area (Å²) < 4.78 is 42.5. The van der Waals surface area contributed by atoms with Gasteiger partial charge in [0.2, 0.25) is 0 Å². The Labute approximate surface area is 323 Å². The number of alkyl carbamates (subject to hydrolysis) is 1. The minimum absolute atomic E-state index is 0.0476. The van der Waals surface area contributed by atoms with Crippen LogP contribution >= 0.6 is 0 Å². The number of nitrogens with one attached hydrogen (secondary N) is 1. The first-order valence-electron chi connectivity index (χ1n) is 19.2. The number of carbonyl (C=O) groups excluding carboxylic acids is 4. The number of esters is 3. The number of ether oxygens (including phenoxy) is 7. The Bertz CT molecular complexity index is 1560. The van der Waals surface area contributed by atoms with Crippen LogP contribution in [0.4, 0.5) is 4.79 Å². The van der Waals surface area contributed by atoms with Gasteiger partial charge in [0.1, 0.15) is 24.4 Å². The van der Waals surface area contributed by atoms with Crippen LogP contribution < -0.4 is 5.32 Å². The zero-order chi connectivity index (χ0) is 41.2. The first-order valence-corrected chi connectivity index (χ1v) is 19.2. The number of aliphatic hydroxyl groups is 3. The van der Waals surface area contributed by atoms with Crippen LogP contribution in [0.2, 0.25) is 0 Å². The molecule has 0 aromatic carbocycles. The molecule has 4 fully saturated rings. The number of rotatable bonds is 11. The number of fused-ring (bicyclic) bond motifs is 3. The third kappa shape index (κ3) is 7.45. The van der Waals surface area contributed by atoms with E-state index >= 15 is 0 Å². The molecule has 5 aliphatic rings. The summed E-state index contributed by atoms with van der Waals surface area (Å²) in [6.45, 7) is 21.9. The van der Waals surface area contributed by atoms with Gasteiger partial charge in [-0.2, -0.15) is 0 Å². The van der Waals surface area contributed by atoms with Gasteiger partial charge < -0.3 is 53.8 Å². The van der Waals surface area contributed by atoms with Crippen molar-refractivity contribution in [2.24, 2.45) is 28.1 Å². The summed E-state index contributed by atoms with van der Waals surface area (Å²) in [6, 6.07) is -1.08. The van der Waals surface area contributed by atoms with Crippen LogP contribution in [0, 0.1) is 28.1 Å². The molecule has 310 valence electrons. The van der Waals surface area contributed by atoms with E-state index < -0.39 is 112 Å². The van der Waals surface area contributed by atoms with Crippen molar-refractivity contribution in [1.82, 2.24) is 5.32 Å². The van der Waals surface area contributed by atoms with Crippen LogP contribution in [0.3, 0.4) is 0 Å². The molecular formula is C40H61NO14. The summed E-state index contributed by atoms with van der Waals surface area (Å²) in [5, 5.41) is 39.7. The van der Waals surface area contributed by atoms with Gasteiger partial charge in [-0.1, -0.05) is 27.4 Å². The molecule has 0 aromatic rings. The number of amides is 1. The molecule has 5 rings (SSSR count). The van der Waals surface area contributed by atoms with Crippen molar-refractivity contribution in [3.05, 3.63) is 23.8 Å². The standard InChI is InChI=1S/C40H61NO14/c1-13-27-53-25-15-26-39(18-50-26,17-49-21(5)42)31-32(45)40(37(10,11)48)16-24(20(4)28(40)30(51-22(6)43)33(54-27)38(25,31)12)52-34(46)29(44)23(14-19(2)3)41-35(47)55-36(7,8)9/h13,19,23-27,29-33,44-45,48H,1,14-18H2,2-12H3,(H,41,47)/t23?,24-,25-,26+,27-,29+,30-,31-,32-,33-,38+,39+,40-/m0/s1. The zero-order valence-corrected chi connectivity index (χ0v) is 34.0. The molecule has 2 aliphatic heterocycles. The van der Waals surface area contributed by atoms with Gasteiger partial charge in [0.05, 0.1) is 47.4 Å². The summed E-state index contributed by atoms with van der Waals surface area (Å²) in [4.78, 5) is 52.0. The maximum absolute atomic E-state index is 13.9. The quantitative estimate of drug-likeness (QED) is 0.135. The van der Waals surface area contributed by atoms with Gasteiger partial charge in [-0.25, -0.2) is 9.59 Å². The highest BCUT2D eigenvalue weighted by atomic mass is 16.7. The van der Waals surface area contributed by atoms with Crippen molar-refractivity contribution < 1.29 is 67.7 Å². The third-order valence-electron chi connectivity index (χ3n) is 12.5. The Morgan fingerprint density at radius 1 is 1.05 bits per heavy atom. The Morgan fingerprint density at radius 2 is 1.71 bits per heavy atom. The van der Waals surface area contributed by atoms with Crippen LogP contribution in [0.15, 0.2) is 23.8 Å². The van der Waals surface area contributed by atoms with E-state index in [2.05, 4.69) is 11.9 Å². The van der Waals surface area contributed by atoms with E-state index in [0.717, 1.165) is 0 Å². The molecule has 15 heteroatoms. The van der Waals surface area contributed by atoms with E-state index in [1.807, 2.05) is 20.8 Å². The van der Waals surface area contributed by atoms with Crippen molar-refractivity contribution in [2.75, 3.05) is 13.2 Å². The molecule has 0 aromatic heterocycles. The Kier molecular flexibility index (Phi) is 11.8. The smallest absolute Gasteiger partial charge is 0.407 e. The van der Waals surface area contributed by atoms with E-state index in [1.165, 1.54) is 33.8 Å². The summed E-state index contributed by atoms with van der Waals surface area (Å²) in [7, 11) is 0. The third-order valence-corrected chi connectivity index (χ3v) is 12.5. The SMILES string of the molecule is C=C[C@H]1O[C@H]2C[C@H]3OC[C@@]3(COC(C)=O)[C@H]3[C@H](O)[C@]4(C(C)(C)O)C[C@H](OC(=O)[C@H](O)C(CC(C)C)NC(=O)OC(C)(C)C)C(C)=C4[C@H](OC(C)=O)[C@H](O1)[C@]23C. The molecule has 2 saturated carbocycles. The molecule has 0 bridgehead atoms.